The molecule has 0 aliphatic rings. The van der Waals surface area contributed by atoms with Crippen molar-refractivity contribution in [2.45, 2.75) is 26.4 Å². The molecule has 0 radical (unpaired) electrons. The van der Waals surface area contributed by atoms with E-state index in [1.54, 1.807) is 30.3 Å². The van der Waals surface area contributed by atoms with Crippen LogP contribution in [0.3, 0.4) is 0 Å². The predicted octanol–water partition coefficient (Wildman–Crippen LogP) is 4.53. The van der Waals surface area contributed by atoms with Gasteiger partial charge in [-0.25, -0.2) is 5.43 Å². The summed E-state index contributed by atoms with van der Waals surface area (Å²) in [6.07, 6.45) is 3.47. The van der Waals surface area contributed by atoms with Gasteiger partial charge in [-0.1, -0.05) is 55.8 Å². The maximum absolute atomic E-state index is 12.1. The first kappa shape index (κ1) is 23.5. The SMILES string of the molecule is CCCCOc1ccc(NC(=O)C(=O)N/N=C\c2ccccc2OCc2ccccc2)cc1. The van der Waals surface area contributed by atoms with E-state index >= 15 is 0 Å². The van der Waals surface area contributed by atoms with Crippen molar-refractivity contribution in [3.63, 3.8) is 0 Å². The zero-order chi connectivity index (χ0) is 23.3. The summed E-state index contributed by atoms with van der Waals surface area (Å²) in [5.74, 6) is -0.369. The van der Waals surface area contributed by atoms with Crippen LogP contribution < -0.4 is 20.2 Å². The Bertz CT molecular complexity index is 1070. The van der Waals surface area contributed by atoms with Crippen molar-refractivity contribution >= 4 is 23.7 Å². The van der Waals surface area contributed by atoms with E-state index in [0.717, 1.165) is 18.4 Å². The third kappa shape index (κ3) is 7.81. The van der Waals surface area contributed by atoms with Crippen molar-refractivity contribution in [2.24, 2.45) is 5.10 Å². The molecule has 2 N–H and O–H groups in total. The average molecular weight is 446 g/mol. The number of hydrazone groups is 1. The normalized spacial score (nSPS) is 10.6. The number of benzene rings is 3. The van der Waals surface area contributed by atoms with E-state index < -0.39 is 11.8 Å². The summed E-state index contributed by atoms with van der Waals surface area (Å²) in [6.45, 7) is 3.14. The topological polar surface area (TPSA) is 89.0 Å². The summed E-state index contributed by atoms with van der Waals surface area (Å²) >= 11 is 0. The molecule has 33 heavy (non-hydrogen) atoms. The van der Waals surface area contributed by atoms with Crippen molar-refractivity contribution in [1.82, 2.24) is 5.43 Å². The first-order chi connectivity index (χ1) is 16.2. The molecule has 0 heterocycles. The van der Waals surface area contributed by atoms with Crippen molar-refractivity contribution in [1.29, 1.82) is 0 Å². The molecule has 2 amide bonds. The summed E-state index contributed by atoms with van der Waals surface area (Å²) < 4.78 is 11.4. The van der Waals surface area contributed by atoms with Crippen LogP contribution in [0.25, 0.3) is 0 Å². The van der Waals surface area contributed by atoms with Gasteiger partial charge in [-0.05, 0) is 48.4 Å². The molecule has 7 nitrogen and oxygen atoms in total. The first-order valence-corrected chi connectivity index (χ1v) is 10.8. The molecule has 3 rings (SSSR count). The fourth-order valence-corrected chi connectivity index (χ4v) is 2.82. The number of unbranched alkanes of at least 4 members (excludes halogenated alkanes) is 1. The predicted molar refractivity (Wildman–Crippen MR) is 128 cm³/mol. The third-order valence-corrected chi connectivity index (χ3v) is 4.61. The summed E-state index contributed by atoms with van der Waals surface area (Å²) in [5, 5.41) is 6.42. The minimum Gasteiger partial charge on any atom is -0.494 e. The van der Waals surface area contributed by atoms with Crippen LogP contribution >= 0.6 is 0 Å². The van der Waals surface area contributed by atoms with Gasteiger partial charge in [-0.15, -0.1) is 0 Å². The molecular formula is C26H27N3O4. The van der Waals surface area contributed by atoms with Crippen LogP contribution in [0.15, 0.2) is 84.0 Å². The Hall–Kier alpha value is -4.13. The molecule has 3 aromatic rings. The second-order valence-electron chi connectivity index (χ2n) is 7.19. The smallest absolute Gasteiger partial charge is 0.329 e. The number of para-hydroxylation sites is 1. The van der Waals surface area contributed by atoms with Crippen LogP contribution in [-0.4, -0.2) is 24.6 Å². The maximum atomic E-state index is 12.1. The third-order valence-electron chi connectivity index (χ3n) is 4.61. The quantitative estimate of drug-likeness (QED) is 0.208. The number of nitrogens with zero attached hydrogens (tertiary/aromatic N) is 1. The number of hydrogen-bond donors (Lipinski definition) is 2. The molecule has 170 valence electrons. The Morgan fingerprint density at radius 3 is 2.36 bits per heavy atom. The number of nitrogens with one attached hydrogen (secondary N) is 2. The number of ether oxygens (including phenoxy) is 2. The Morgan fingerprint density at radius 2 is 1.61 bits per heavy atom. The molecule has 0 aromatic heterocycles. The molecule has 0 fully saturated rings. The van der Waals surface area contributed by atoms with Gasteiger partial charge in [0.05, 0.1) is 12.8 Å². The number of hydrogen-bond acceptors (Lipinski definition) is 5. The lowest BCUT2D eigenvalue weighted by molar-refractivity contribution is -0.136. The minimum absolute atomic E-state index is 0.406. The fraction of sp³-hybridized carbons (Fsp3) is 0.192. The number of anilines is 1. The van der Waals surface area contributed by atoms with Gasteiger partial charge in [0.15, 0.2) is 0 Å². The lowest BCUT2D eigenvalue weighted by Crippen LogP contribution is -2.32. The number of rotatable bonds is 10. The number of carbonyl (C=O) groups excluding carboxylic acids is 2. The van der Waals surface area contributed by atoms with Crippen molar-refractivity contribution in [3.05, 3.63) is 90.0 Å². The van der Waals surface area contributed by atoms with E-state index in [1.165, 1.54) is 6.21 Å². The lowest BCUT2D eigenvalue weighted by Gasteiger charge is -2.09. The first-order valence-electron chi connectivity index (χ1n) is 10.8. The van der Waals surface area contributed by atoms with Crippen LogP contribution in [0, 0.1) is 0 Å². The molecule has 7 heteroatoms. The van der Waals surface area contributed by atoms with E-state index in [4.69, 9.17) is 9.47 Å². The van der Waals surface area contributed by atoms with Gasteiger partial charge in [0.2, 0.25) is 0 Å². The summed E-state index contributed by atoms with van der Waals surface area (Å²) in [4.78, 5) is 24.2. The highest BCUT2D eigenvalue weighted by atomic mass is 16.5. The van der Waals surface area contributed by atoms with Gasteiger partial charge in [-0.2, -0.15) is 5.10 Å². The monoisotopic (exact) mass is 445 g/mol. The van der Waals surface area contributed by atoms with Crippen molar-refractivity contribution < 1.29 is 19.1 Å². The van der Waals surface area contributed by atoms with E-state index in [-0.39, 0.29) is 0 Å². The van der Waals surface area contributed by atoms with Crippen LogP contribution in [0.4, 0.5) is 5.69 Å². The van der Waals surface area contributed by atoms with Gasteiger partial charge in [0.25, 0.3) is 0 Å². The number of carbonyl (C=O) groups is 2. The van der Waals surface area contributed by atoms with E-state index in [0.29, 0.717) is 36.0 Å². The van der Waals surface area contributed by atoms with Crippen LogP contribution in [-0.2, 0) is 16.2 Å². The van der Waals surface area contributed by atoms with Gasteiger partial charge in [0, 0.05) is 11.3 Å². The Labute approximate surface area is 193 Å². The zero-order valence-electron chi connectivity index (χ0n) is 18.5. The highest BCUT2D eigenvalue weighted by Gasteiger charge is 2.13. The van der Waals surface area contributed by atoms with Crippen LogP contribution in [0.1, 0.15) is 30.9 Å². The minimum atomic E-state index is -0.878. The summed E-state index contributed by atoms with van der Waals surface area (Å²) in [6, 6.07) is 23.9. The molecule has 0 saturated heterocycles. The highest BCUT2D eigenvalue weighted by Crippen LogP contribution is 2.18. The summed E-state index contributed by atoms with van der Waals surface area (Å²) in [5.41, 5.74) is 4.43. The Morgan fingerprint density at radius 1 is 0.879 bits per heavy atom. The van der Waals surface area contributed by atoms with Gasteiger partial charge < -0.3 is 14.8 Å². The van der Waals surface area contributed by atoms with Gasteiger partial charge in [0.1, 0.15) is 18.1 Å². The van der Waals surface area contributed by atoms with E-state index in [2.05, 4.69) is 22.8 Å². The van der Waals surface area contributed by atoms with E-state index in [9.17, 15) is 9.59 Å². The summed E-state index contributed by atoms with van der Waals surface area (Å²) in [7, 11) is 0. The Kier molecular flexibility index (Phi) is 9.03. The van der Waals surface area contributed by atoms with Gasteiger partial charge >= 0.3 is 11.8 Å². The van der Waals surface area contributed by atoms with Crippen molar-refractivity contribution in [3.8, 4) is 11.5 Å². The molecule has 3 aromatic carbocycles. The molecule has 0 unspecified atom stereocenters. The average Bonchev–Trinajstić information content (AvgIpc) is 2.85. The largest absolute Gasteiger partial charge is 0.494 e. The second-order valence-corrected chi connectivity index (χ2v) is 7.19. The standard InChI is InChI=1S/C26H27N3O4/c1-2-3-17-32-23-15-13-22(14-16-23)28-25(30)26(31)29-27-18-21-11-7-8-12-24(21)33-19-20-9-5-4-6-10-20/h4-16,18H,2-3,17,19H2,1H3,(H,28,30)(H,29,31)/b27-18-. The van der Waals surface area contributed by atoms with Crippen molar-refractivity contribution in [2.75, 3.05) is 11.9 Å². The van der Waals surface area contributed by atoms with Gasteiger partial charge in [-0.3, -0.25) is 9.59 Å². The molecule has 0 spiro atoms. The van der Waals surface area contributed by atoms with Crippen LogP contribution in [0.5, 0.6) is 11.5 Å². The zero-order valence-corrected chi connectivity index (χ0v) is 18.5. The molecule has 0 aliphatic carbocycles. The fourth-order valence-electron chi connectivity index (χ4n) is 2.82. The molecule has 0 aliphatic heterocycles. The lowest BCUT2D eigenvalue weighted by atomic mass is 10.2. The molecule has 0 saturated carbocycles. The Balaban J connectivity index is 1.50. The number of amides is 2. The van der Waals surface area contributed by atoms with E-state index in [1.807, 2.05) is 48.5 Å². The molecule has 0 atom stereocenters. The maximum Gasteiger partial charge on any atom is 0.329 e. The second kappa shape index (κ2) is 12.7. The molecule has 0 bridgehead atoms. The highest BCUT2D eigenvalue weighted by molar-refractivity contribution is 6.39. The van der Waals surface area contributed by atoms with Crippen LogP contribution in [0.2, 0.25) is 0 Å². The molecular weight excluding hydrogens is 418 g/mol.